The van der Waals surface area contributed by atoms with Gasteiger partial charge in [0.15, 0.2) is 0 Å². The highest BCUT2D eigenvalue weighted by atomic mass is 19.4. The molecule has 0 atom stereocenters. The quantitative estimate of drug-likeness (QED) is 0.490. The molecule has 0 unspecified atom stereocenters. The summed E-state index contributed by atoms with van der Waals surface area (Å²) >= 11 is 0. The minimum Gasteiger partial charge on any atom is -0.492 e. The second-order valence-corrected chi connectivity index (χ2v) is 4.90. The zero-order valence-corrected chi connectivity index (χ0v) is 12.7. The first-order valence-corrected chi connectivity index (χ1v) is 7.10. The van der Waals surface area contributed by atoms with Gasteiger partial charge in [-0.1, -0.05) is 12.1 Å². The number of carbonyl (C=O) groups is 1. The third-order valence-corrected chi connectivity index (χ3v) is 3.18. The Hall–Kier alpha value is -3.10. The third-order valence-electron chi connectivity index (χ3n) is 3.18. The second-order valence-electron chi connectivity index (χ2n) is 4.90. The van der Waals surface area contributed by atoms with Crippen LogP contribution in [0.4, 0.5) is 18.9 Å². The minimum absolute atomic E-state index is 0.00225. The summed E-state index contributed by atoms with van der Waals surface area (Å²) in [6, 6.07) is 9.61. The van der Waals surface area contributed by atoms with E-state index in [4.69, 9.17) is 4.74 Å². The minimum atomic E-state index is -4.42. The molecule has 0 aromatic heterocycles. The first-order valence-electron chi connectivity index (χ1n) is 7.10. The van der Waals surface area contributed by atoms with E-state index in [2.05, 4.69) is 5.32 Å². The lowest BCUT2D eigenvalue weighted by Crippen LogP contribution is -2.28. The predicted octanol–water partition coefficient (Wildman–Crippen LogP) is 3.42. The SMILES string of the molecule is O=C(NCCOc1ccc(C(F)(F)F)cc1)c1ccccc1[N+](=O)[O-]. The smallest absolute Gasteiger partial charge is 0.416 e. The number of nitrogens with zero attached hydrogens (tertiary/aromatic N) is 1. The third kappa shape index (κ3) is 4.93. The molecule has 0 heterocycles. The first kappa shape index (κ1) is 18.2. The van der Waals surface area contributed by atoms with Crippen LogP contribution in [0.1, 0.15) is 15.9 Å². The van der Waals surface area contributed by atoms with E-state index in [0.29, 0.717) is 0 Å². The second kappa shape index (κ2) is 7.65. The molecule has 2 rings (SSSR count). The maximum absolute atomic E-state index is 12.4. The Kier molecular flexibility index (Phi) is 5.58. The largest absolute Gasteiger partial charge is 0.492 e. The van der Waals surface area contributed by atoms with E-state index in [9.17, 15) is 28.1 Å². The fourth-order valence-electron chi connectivity index (χ4n) is 1.99. The molecule has 0 aliphatic carbocycles. The molecule has 0 aliphatic heterocycles. The fraction of sp³-hybridized carbons (Fsp3) is 0.188. The van der Waals surface area contributed by atoms with Crippen molar-refractivity contribution in [1.29, 1.82) is 0 Å². The summed E-state index contributed by atoms with van der Waals surface area (Å²) in [5.41, 5.74) is -1.18. The van der Waals surface area contributed by atoms with Gasteiger partial charge in [-0.15, -0.1) is 0 Å². The molecule has 9 heteroatoms. The number of carbonyl (C=O) groups excluding carboxylic acids is 1. The number of nitro groups is 1. The summed E-state index contributed by atoms with van der Waals surface area (Å²) in [5.74, 6) is -0.420. The van der Waals surface area contributed by atoms with Gasteiger partial charge in [0.25, 0.3) is 11.6 Å². The number of para-hydroxylation sites is 1. The number of amides is 1. The highest BCUT2D eigenvalue weighted by Gasteiger charge is 2.30. The molecular formula is C16H13F3N2O4. The van der Waals surface area contributed by atoms with Crippen LogP contribution in [0.25, 0.3) is 0 Å². The number of nitrogens with one attached hydrogen (secondary N) is 1. The number of hydrogen-bond donors (Lipinski definition) is 1. The zero-order chi connectivity index (χ0) is 18.4. The number of benzene rings is 2. The number of nitro benzene ring substituents is 1. The van der Waals surface area contributed by atoms with Crippen LogP contribution in [0.2, 0.25) is 0 Å². The normalized spacial score (nSPS) is 11.0. The van der Waals surface area contributed by atoms with Crippen LogP contribution in [-0.4, -0.2) is 24.0 Å². The van der Waals surface area contributed by atoms with Crippen molar-refractivity contribution in [3.05, 3.63) is 69.8 Å². The van der Waals surface area contributed by atoms with Crippen molar-refractivity contribution in [2.24, 2.45) is 0 Å². The number of ether oxygens (including phenoxy) is 1. The van der Waals surface area contributed by atoms with E-state index >= 15 is 0 Å². The van der Waals surface area contributed by atoms with Crippen molar-refractivity contribution in [3.63, 3.8) is 0 Å². The van der Waals surface area contributed by atoms with E-state index in [-0.39, 0.29) is 30.2 Å². The Morgan fingerprint density at radius 1 is 1.12 bits per heavy atom. The van der Waals surface area contributed by atoms with E-state index < -0.39 is 22.6 Å². The number of rotatable bonds is 6. The van der Waals surface area contributed by atoms with Gasteiger partial charge >= 0.3 is 6.18 Å². The summed E-state index contributed by atoms with van der Waals surface area (Å²) in [6.07, 6.45) is -4.42. The Morgan fingerprint density at radius 2 is 1.76 bits per heavy atom. The van der Waals surface area contributed by atoms with E-state index in [1.807, 2.05) is 0 Å². The van der Waals surface area contributed by atoms with Gasteiger partial charge < -0.3 is 10.1 Å². The molecule has 1 amide bonds. The number of alkyl halides is 3. The molecule has 0 aliphatic rings. The van der Waals surface area contributed by atoms with Crippen LogP contribution in [-0.2, 0) is 6.18 Å². The summed E-state index contributed by atoms with van der Waals surface area (Å²) in [7, 11) is 0. The summed E-state index contributed by atoms with van der Waals surface area (Å²) in [6.45, 7) is 0.0314. The molecule has 2 aromatic rings. The lowest BCUT2D eigenvalue weighted by Gasteiger charge is -2.10. The van der Waals surface area contributed by atoms with Crippen LogP contribution in [0.5, 0.6) is 5.75 Å². The molecule has 0 bridgehead atoms. The zero-order valence-electron chi connectivity index (χ0n) is 12.7. The number of halogens is 3. The Morgan fingerprint density at radius 3 is 2.36 bits per heavy atom. The van der Waals surface area contributed by atoms with Crippen LogP contribution >= 0.6 is 0 Å². The van der Waals surface area contributed by atoms with Crippen molar-refractivity contribution >= 4 is 11.6 Å². The van der Waals surface area contributed by atoms with Gasteiger partial charge in [0.05, 0.1) is 17.0 Å². The Bertz CT molecular complexity index is 761. The molecule has 2 aromatic carbocycles. The number of hydrogen-bond acceptors (Lipinski definition) is 4. The maximum Gasteiger partial charge on any atom is 0.416 e. The van der Waals surface area contributed by atoms with Gasteiger partial charge in [-0.2, -0.15) is 13.2 Å². The van der Waals surface area contributed by atoms with Crippen LogP contribution < -0.4 is 10.1 Å². The lowest BCUT2D eigenvalue weighted by atomic mass is 10.1. The molecule has 6 nitrogen and oxygen atoms in total. The molecule has 0 saturated carbocycles. The van der Waals surface area contributed by atoms with Crippen molar-refractivity contribution in [3.8, 4) is 5.75 Å². The average molecular weight is 354 g/mol. The van der Waals surface area contributed by atoms with E-state index in [1.54, 1.807) is 0 Å². The molecule has 132 valence electrons. The summed E-state index contributed by atoms with van der Waals surface area (Å²) < 4.78 is 42.5. The van der Waals surface area contributed by atoms with Crippen LogP contribution in [0.15, 0.2) is 48.5 Å². The Balaban J connectivity index is 1.85. The standard InChI is InChI=1S/C16H13F3N2O4/c17-16(18,19)11-5-7-12(8-6-11)25-10-9-20-15(22)13-3-1-2-4-14(13)21(23)24/h1-8H,9-10H2,(H,20,22). The maximum atomic E-state index is 12.4. The predicted molar refractivity (Wildman–Crippen MR) is 82.4 cm³/mol. The van der Waals surface area contributed by atoms with Crippen LogP contribution in [0.3, 0.4) is 0 Å². The topological polar surface area (TPSA) is 81.5 Å². The van der Waals surface area contributed by atoms with Gasteiger partial charge in [-0.05, 0) is 30.3 Å². The van der Waals surface area contributed by atoms with Crippen molar-refractivity contribution in [2.75, 3.05) is 13.2 Å². The molecular weight excluding hydrogens is 341 g/mol. The van der Waals surface area contributed by atoms with Gasteiger partial charge in [0.1, 0.15) is 17.9 Å². The monoisotopic (exact) mass is 354 g/mol. The lowest BCUT2D eigenvalue weighted by molar-refractivity contribution is -0.385. The molecule has 0 spiro atoms. The molecule has 1 N–H and O–H groups in total. The molecule has 0 radical (unpaired) electrons. The molecule has 25 heavy (non-hydrogen) atoms. The van der Waals surface area contributed by atoms with Crippen LogP contribution in [0, 0.1) is 10.1 Å². The highest BCUT2D eigenvalue weighted by molar-refractivity contribution is 5.98. The van der Waals surface area contributed by atoms with Gasteiger partial charge in [-0.3, -0.25) is 14.9 Å². The van der Waals surface area contributed by atoms with Crippen molar-refractivity contribution < 1.29 is 27.6 Å². The Labute approximate surface area is 140 Å². The highest BCUT2D eigenvalue weighted by Crippen LogP contribution is 2.30. The van der Waals surface area contributed by atoms with Gasteiger partial charge in [0.2, 0.25) is 0 Å². The van der Waals surface area contributed by atoms with Crippen molar-refractivity contribution in [1.82, 2.24) is 5.32 Å². The first-order chi connectivity index (χ1) is 11.8. The summed E-state index contributed by atoms with van der Waals surface area (Å²) in [4.78, 5) is 22.1. The van der Waals surface area contributed by atoms with Gasteiger partial charge in [-0.25, -0.2) is 0 Å². The van der Waals surface area contributed by atoms with Gasteiger partial charge in [0, 0.05) is 6.07 Å². The average Bonchev–Trinajstić information content (AvgIpc) is 2.58. The molecule has 0 fully saturated rings. The fourth-order valence-corrected chi connectivity index (χ4v) is 1.99. The van der Waals surface area contributed by atoms with E-state index in [1.165, 1.54) is 36.4 Å². The van der Waals surface area contributed by atoms with Crippen molar-refractivity contribution in [2.45, 2.75) is 6.18 Å². The van der Waals surface area contributed by atoms with E-state index in [0.717, 1.165) is 12.1 Å². The summed E-state index contributed by atoms with van der Waals surface area (Å²) in [5, 5.41) is 13.3. The molecule has 0 saturated heterocycles.